The molecule has 0 aliphatic rings. The largest absolute Gasteiger partial charge is 0.494 e. The third-order valence-corrected chi connectivity index (χ3v) is 4.76. The van der Waals surface area contributed by atoms with Gasteiger partial charge in [0.05, 0.1) is 6.61 Å². The summed E-state index contributed by atoms with van der Waals surface area (Å²) in [6.45, 7) is 6.65. The third kappa shape index (κ3) is 4.32. The van der Waals surface area contributed by atoms with Crippen molar-refractivity contribution in [2.24, 2.45) is 0 Å². The standard InChI is InChI=1S/C23H24N6O2/c1-4-31-18-12-10-17(11-13-18)28-14-6-8-20(28)23(30)26-21-9-5-7-19(25-21)22-27-24-15-29(22)16(2)3/h5-16H,4H2,1-3H3,(H,25,26,30). The van der Waals surface area contributed by atoms with E-state index in [-0.39, 0.29) is 11.9 Å². The summed E-state index contributed by atoms with van der Waals surface area (Å²) in [5.41, 5.74) is 2.01. The molecule has 1 aromatic carbocycles. The van der Waals surface area contributed by atoms with Gasteiger partial charge in [-0.1, -0.05) is 6.07 Å². The van der Waals surface area contributed by atoms with Gasteiger partial charge in [0.25, 0.3) is 5.91 Å². The number of pyridine rings is 1. The first-order chi connectivity index (χ1) is 15.1. The molecule has 4 rings (SSSR count). The number of carbonyl (C=O) groups is 1. The van der Waals surface area contributed by atoms with Crippen molar-refractivity contribution in [1.29, 1.82) is 0 Å². The normalized spacial score (nSPS) is 11.0. The molecule has 0 atom stereocenters. The number of nitrogens with zero attached hydrogens (tertiary/aromatic N) is 5. The molecule has 0 saturated carbocycles. The second-order valence-corrected chi connectivity index (χ2v) is 7.21. The van der Waals surface area contributed by atoms with Crippen molar-refractivity contribution < 1.29 is 9.53 Å². The summed E-state index contributed by atoms with van der Waals surface area (Å²) in [5.74, 6) is 1.64. The summed E-state index contributed by atoms with van der Waals surface area (Å²) < 4.78 is 9.25. The van der Waals surface area contributed by atoms with Crippen LogP contribution in [0.4, 0.5) is 5.82 Å². The number of ether oxygens (including phenoxy) is 1. The fourth-order valence-electron chi connectivity index (χ4n) is 3.27. The Kier molecular flexibility index (Phi) is 5.79. The van der Waals surface area contributed by atoms with Gasteiger partial charge in [0, 0.05) is 17.9 Å². The highest BCUT2D eigenvalue weighted by Crippen LogP contribution is 2.21. The number of carbonyl (C=O) groups excluding carboxylic acids is 1. The van der Waals surface area contributed by atoms with Crippen LogP contribution in [-0.4, -0.2) is 36.8 Å². The van der Waals surface area contributed by atoms with Crippen molar-refractivity contribution in [2.75, 3.05) is 11.9 Å². The minimum atomic E-state index is -0.256. The van der Waals surface area contributed by atoms with Crippen molar-refractivity contribution in [3.05, 3.63) is 72.8 Å². The molecule has 0 aliphatic heterocycles. The van der Waals surface area contributed by atoms with Crippen LogP contribution < -0.4 is 10.1 Å². The Hall–Kier alpha value is -3.94. The summed E-state index contributed by atoms with van der Waals surface area (Å²) in [6, 6.07) is 16.8. The lowest BCUT2D eigenvalue weighted by molar-refractivity contribution is 0.102. The summed E-state index contributed by atoms with van der Waals surface area (Å²) in [7, 11) is 0. The summed E-state index contributed by atoms with van der Waals surface area (Å²) >= 11 is 0. The minimum absolute atomic E-state index is 0.197. The average Bonchev–Trinajstić information content (AvgIpc) is 3.45. The Morgan fingerprint density at radius 1 is 1.10 bits per heavy atom. The van der Waals surface area contributed by atoms with E-state index >= 15 is 0 Å². The molecule has 0 aliphatic carbocycles. The number of benzene rings is 1. The molecular weight excluding hydrogens is 392 g/mol. The molecule has 1 N–H and O–H groups in total. The Balaban J connectivity index is 1.56. The van der Waals surface area contributed by atoms with Gasteiger partial charge in [-0.05, 0) is 69.3 Å². The van der Waals surface area contributed by atoms with Gasteiger partial charge in [-0.2, -0.15) is 0 Å². The lowest BCUT2D eigenvalue weighted by Gasteiger charge is -2.12. The van der Waals surface area contributed by atoms with Crippen LogP contribution in [0.25, 0.3) is 17.2 Å². The Labute approximate surface area is 180 Å². The van der Waals surface area contributed by atoms with Gasteiger partial charge in [0.1, 0.15) is 29.3 Å². The van der Waals surface area contributed by atoms with E-state index in [1.165, 1.54) is 0 Å². The van der Waals surface area contributed by atoms with Gasteiger partial charge in [0.2, 0.25) is 0 Å². The van der Waals surface area contributed by atoms with Crippen molar-refractivity contribution in [1.82, 2.24) is 24.3 Å². The van der Waals surface area contributed by atoms with Gasteiger partial charge in [-0.15, -0.1) is 10.2 Å². The summed E-state index contributed by atoms with van der Waals surface area (Å²) in [5, 5.41) is 11.0. The molecule has 3 heterocycles. The second-order valence-electron chi connectivity index (χ2n) is 7.21. The lowest BCUT2D eigenvalue weighted by atomic mass is 10.3. The highest BCUT2D eigenvalue weighted by molar-refractivity contribution is 6.03. The minimum Gasteiger partial charge on any atom is -0.494 e. The molecule has 0 unspecified atom stereocenters. The molecule has 8 heteroatoms. The van der Waals surface area contributed by atoms with E-state index in [9.17, 15) is 4.79 Å². The predicted octanol–water partition coefficient (Wildman–Crippen LogP) is 4.36. The van der Waals surface area contributed by atoms with Crippen LogP contribution >= 0.6 is 0 Å². The molecule has 0 radical (unpaired) electrons. The quantitative estimate of drug-likeness (QED) is 0.484. The highest BCUT2D eigenvalue weighted by atomic mass is 16.5. The number of nitrogens with one attached hydrogen (secondary N) is 1. The van der Waals surface area contributed by atoms with E-state index in [1.807, 2.05) is 78.6 Å². The first-order valence-electron chi connectivity index (χ1n) is 10.2. The summed E-state index contributed by atoms with van der Waals surface area (Å²) in [4.78, 5) is 17.5. The fourth-order valence-corrected chi connectivity index (χ4v) is 3.27. The molecule has 31 heavy (non-hydrogen) atoms. The molecule has 0 saturated heterocycles. The van der Waals surface area contributed by atoms with Crippen LogP contribution in [0.15, 0.2) is 67.1 Å². The zero-order valence-corrected chi connectivity index (χ0v) is 17.7. The molecule has 4 aromatic rings. The molecule has 0 fully saturated rings. The molecule has 158 valence electrons. The number of aromatic nitrogens is 5. The second kappa shape index (κ2) is 8.83. The van der Waals surface area contributed by atoms with E-state index < -0.39 is 0 Å². The summed E-state index contributed by atoms with van der Waals surface area (Å²) in [6.07, 6.45) is 3.52. The number of rotatable bonds is 7. The van der Waals surface area contributed by atoms with Gasteiger partial charge in [0.15, 0.2) is 5.82 Å². The maximum atomic E-state index is 13.0. The molecular formula is C23H24N6O2. The molecule has 3 aromatic heterocycles. The average molecular weight is 416 g/mol. The number of amides is 1. The molecule has 8 nitrogen and oxygen atoms in total. The molecule has 0 bridgehead atoms. The van der Waals surface area contributed by atoms with Crippen molar-refractivity contribution in [3.8, 4) is 23.0 Å². The lowest BCUT2D eigenvalue weighted by Crippen LogP contribution is -2.17. The van der Waals surface area contributed by atoms with Gasteiger partial charge >= 0.3 is 0 Å². The van der Waals surface area contributed by atoms with Crippen molar-refractivity contribution in [3.63, 3.8) is 0 Å². The van der Waals surface area contributed by atoms with Crippen molar-refractivity contribution >= 4 is 11.7 Å². The van der Waals surface area contributed by atoms with E-state index in [0.29, 0.717) is 29.6 Å². The maximum absolute atomic E-state index is 13.0. The number of anilines is 1. The predicted molar refractivity (Wildman–Crippen MR) is 119 cm³/mol. The monoisotopic (exact) mass is 416 g/mol. The topological polar surface area (TPSA) is 86.9 Å². The molecule has 1 amide bonds. The smallest absolute Gasteiger partial charge is 0.273 e. The van der Waals surface area contributed by atoms with Crippen LogP contribution in [0.1, 0.15) is 37.3 Å². The zero-order chi connectivity index (χ0) is 21.8. The van der Waals surface area contributed by atoms with E-state index in [0.717, 1.165) is 11.4 Å². The SMILES string of the molecule is CCOc1ccc(-n2cccc2C(=O)Nc2cccc(-c3nncn3C(C)C)n2)cc1. The maximum Gasteiger partial charge on any atom is 0.273 e. The Morgan fingerprint density at radius 2 is 1.90 bits per heavy atom. The zero-order valence-electron chi connectivity index (χ0n) is 17.7. The van der Waals surface area contributed by atoms with E-state index in [1.54, 1.807) is 18.5 Å². The van der Waals surface area contributed by atoms with Crippen molar-refractivity contribution in [2.45, 2.75) is 26.8 Å². The Morgan fingerprint density at radius 3 is 2.65 bits per heavy atom. The van der Waals surface area contributed by atoms with E-state index in [2.05, 4.69) is 20.5 Å². The number of hydrogen-bond acceptors (Lipinski definition) is 5. The van der Waals surface area contributed by atoms with Crippen LogP contribution in [0.2, 0.25) is 0 Å². The van der Waals surface area contributed by atoms with E-state index in [4.69, 9.17) is 4.74 Å². The van der Waals surface area contributed by atoms with Crippen LogP contribution in [0.5, 0.6) is 5.75 Å². The van der Waals surface area contributed by atoms with Gasteiger partial charge in [-0.3, -0.25) is 4.79 Å². The van der Waals surface area contributed by atoms with Crippen LogP contribution in [0, 0.1) is 0 Å². The van der Waals surface area contributed by atoms with Gasteiger partial charge in [-0.25, -0.2) is 4.98 Å². The van der Waals surface area contributed by atoms with Crippen LogP contribution in [-0.2, 0) is 0 Å². The Bertz CT molecular complexity index is 1180. The van der Waals surface area contributed by atoms with Crippen LogP contribution in [0.3, 0.4) is 0 Å². The van der Waals surface area contributed by atoms with Gasteiger partial charge < -0.3 is 19.2 Å². The number of hydrogen-bond donors (Lipinski definition) is 1. The molecule has 0 spiro atoms. The highest BCUT2D eigenvalue weighted by Gasteiger charge is 2.15. The first kappa shape index (κ1) is 20.3. The first-order valence-corrected chi connectivity index (χ1v) is 10.2. The fraction of sp³-hybridized carbons (Fsp3) is 0.217. The third-order valence-electron chi connectivity index (χ3n) is 4.76.